The maximum absolute atomic E-state index is 11.8. The van der Waals surface area contributed by atoms with Gasteiger partial charge in [0.2, 0.25) is 0 Å². The van der Waals surface area contributed by atoms with Gasteiger partial charge in [0.1, 0.15) is 0 Å². The molecule has 1 aliphatic heterocycles. The minimum atomic E-state index is -0.169. The quantitative estimate of drug-likeness (QED) is 0.864. The lowest BCUT2D eigenvalue weighted by molar-refractivity contribution is -0.115. The van der Waals surface area contributed by atoms with Gasteiger partial charge >= 0.3 is 0 Å². The summed E-state index contributed by atoms with van der Waals surface area (Å²) in [6, 6.07) is 0. The molecule has 1 saturated heterocycles. The second kappa shape index (κ2) is 6.13. The highest BCUT2D eigenvalue weighted by Crippen LogP contribution is 2.37. The van der Waals surface area contributed by atoms with Crippen LogP contribution < -0.4 is 5.32 Å². The number of rotatable bonds is 3. The van der Waals surface area contributed by atoms with Crippen LogP contribution in [0.5, 0.6) is 0 Å². The van der Waals surface area contributed by atoms with E-state index in [1.54, 1.807) is 0 Å². The summed E-state index contributed by atoms with van der Waals surface area (Å²) < 4.78 is 7.82. The smallest absolute Gasteiger partial charge is 0.295 e. The van der Waals surface area contributed by atoms with Crippen LogP contribution in [0.4, 0.5) is 0 Å². The van der Waals surface area contributed by atoms with Crippen LogP contribution in [-0.4, -0.2) is 28.8 Å². The molecule has 1 aromatic rings. The average molecular weight is 301 g/mol. The molecule has 2 heterocycles. The Morgan fingerprint density at radius 2 is 2.18 bits per heavy atom. The second-order valence-corrected chi connectivity index (χ2v) is 6.30. The van der Waals surface area contributed by atoms with Gasteiger partial charge in [-0.25, -0.2) is 0 Å². The molecule has 2 aliphatic rings. The van der Waals surface area contributed by atoms with Crippen molar-refractivity contribution in [3.63, 3.8) is 0 Å². The first-order valence-electron chi connectivity index (χ1n) is 7.97. The zero-order chi connectivity index (χ0) is 15.7. The van der Waals surface area contributed by atoms with E-state index < -0.39 is 0 Å². The summed E-state index contributed by atoms with van der Waals surface area (Å²) in [5.74, 6) is 6.25. The van der Waals surface area contributed by atoms with Gasteiger partial charge in [0.05, 0.1) is 11.8 Å². The Morgan fingerprint density at radius 1 is 1.41 bits per heavy atom. The summed E-state index contributed by atoms with van der Waals surface area (Å²) >= 11 is 0. The van der Waals surface area contributed by atoms with Gasteiger partial charge < -0.3 is 10.1 Å². The number of hydrogen-bond donors (Lipinski definition) is 1. The van der Waals surface area contributed by atoms with E-state index in [0.717, 1.165) is 37.3 Å². The molecule has 1 amide bonds. The van der Waals surface area contributed by atoms with Crippen LogP contribution in [0.1, 0.15) is 42.3 Å². The van der Waals surface area contributed by atoms with Crippen molar-refractivity contribution in [1.29, 1.82) is 0 Å². The highest BCUT2D eigenvalue weighted by Gasteiger charge is 2.33. The van der Waals surface area contributed by atoms with Gasteiger partial charge in [-0.3, -0.25) is 9.48 Å². The van der Waals surface area contributed by atoms with Gasteiger partial charge in [-0.05, 0) is 39.0 Å². The van der Waals surface area contributed by atoms with Crippen LogP contribution in [0.25, 0.3) is 0 Å². The minimum absolute atomic E-state index is 0.0189. The number of aryl methyl sites for hydroxylation is 2. The van der Waals surface area contributed by atoms with Crippen molar-refractivity contribution in [2.24, 2.45) is 18.9 Å². The van der Waals surface area contributed by atoms with E-state index in [1.165, 1.54) is 5.56 Å². The number of ether oxygens (including phenoxy) is 1. The Balaban J connectivity index is 1.63. The third-order valence-electron chi connectivity index (χ3n) is 4.56. The fourth-order valence-electron chi connectivity index (χ4n) is 3.03. The predicted octanol–water partition coefficient (Wildman–Crippen LogP) is 1.64. The van der Waals surface area contributed by atoms with Gasteiger partial charge in [-0.15, -0.1) is 0 Å². The molecular formula is C17H23N3O2. The highest BCUT2D eigenvalue weighted by molar-refractivity contribution is 5.93. The first-order valence-corrected chi connectivity index (χ1v) is 7.97. The lowest BCUT2D eigenvalue weighted by atomic mass is 9.94. The molecule has 3 rings (SSSR count). The van der Waals surface area contributed by atoms with E-state index in [4.69, 9.17) is 4.74 Å². The molecule has 0 radical (unpaired) electrons. The lowest BCUT2D eigenvalue weighted by Gasteiger charge is -2.19. The molecule has 0 spiro atoms. The van der Waals surface area contributed by atoms with Crippen molar-refractivity contribution >= 4 is 5.91 Å². The van der Waals surface area contributed by atoms with Gasteiger partial charge in [-0.1, -0.05) is 5.92 Å². The monoisotopic (exact) mass is 301 g/mol. The van der Waals surface area contributed by atoms with Crippen molar-refractivity contribution in [3.8, 4) is 11.8 Å². The number of amides is 1. The summed E-state index contributed by atoms with van der Waals surface area (Å²) in [5, 5.41) is 7.40. The number of carbonyl (C=O) groups is 1. The zero-order valence-electron chi connectivity index (χ0n) is 13.5. The molecule has 2 fully saturated rings. The molecule has 22 heavy (non-hydrogen) atoms. The average Bonchev–Trinajstić information content (AvgIpc) is 3.15. The van der Waals surface area contributed by atoms with Crippen molar-refractivity contribution in [2.45, 2.75) is 39.2 Å². The molecule has 118 valence electrons. The molecule has 2 atom stereocenters. The summed E-state index contributed by atoms with van der Waals surface area (Å²) in [6.07, 6.45) is 3.25. The predicted molar refractivity (Wildman–Crippen MR) is 83.0 cm³/mol. The molecule has 1 aromatic heterocycles. The standard InChI is InChI=1S/C17H23N3O2/c1-11-16(12(2)20(3)19-11)17-14(8-9-22-17)10-18-15(21)7-6-13-4-5-13/h13-14,17H,4-5,8-10H2,1-3H3,(H,18,21)/t14-,17+/m1/s1. The summed E-state index contributed by atoms with van der Waals surface area (Å²) in [6.45, 7) is 5.41. The maximum atomic E-state index is 11.8. The fourth-order valence-corrected chi connectivity index (χ4v) is 3.03. The number of nitrogens with one attached hydrogen (secondary N) is 1. The normalized spacial score (nSPS) is 24.0. The van der Waals surface area contributed by atoms with Gasteiger partial charge in [0.25, 0.3) is 5.91 Å². The van der Waals surface area contributed by atoms with Crippen molar-refractivity contribution < 1.29 is 9.53 Å². The summed E-state index contributed by atoms with van der Waals surface area (Å²) in [5.41, 5.74) is 3.31. The largest absolute Gasteiger partial charge is 0.373 e. The van der Waals surface area contributed by atoms with Gasteiger partial charge in [0, 0.05) is 43.3 Å². The topological polar surface area (TPSA) is 56.1 Å². The minimum Gasteiger partial charge on any atom is -0.373 e. The number of carbonyl (C=O) groups excluding carboxylic acids is 1. The van der Waals surface area contributed by atoms with Crippen LogP contribution in [-0.2, 0) is 16.6 Å². The first-order chi connectivity index (χ1) is 10.6. The van der Waals surface area contributed by atoms with E-state index in [-0.39, 0.29) is 17.9 Å². The Bertz CT molecular complexity index is 634. The van der Waals surface area contributed by atoms with Gasteiger partial charge in [-0.2, -0.15) is 5.10 Å². The molecule has 1 saturated carbocycles. The van der Waals surface area contributed by atoms with E-state index in [1.807, 2.05) is 18.7 Å². The lowest BCUT2D eigenvalue weighted by Crippen LogP contribution is -2.29. The Hall–Kier alpha value is -1.80. The third kappa shape index (κ3) is 3.17. The number of hydrogen-bond acceptors (Lipinski definition) is 3. The highest BCUT2D eigenvalue weighted by atomic mass is 16.5. The van der Waals surface area contributed by atoms with E-state index >= 15 is 0 Å². The molecule has 0 bridgehead atoms. The van der Waals surface area contributed by atoms with Crippen LogP contribution in [0.3, 0.4) is 0 Å². The van der Waals surface area contributed by atoms with Crippen molar-refractivity contribution in [1.82, 2.24) is 15.1 Å². The fraction of sp³-hybridized carbons (Fsp3) is 0.647. The SMILES string of the molecule is Cc1nn(C)c(C)c1[C@H]1OCC[C@@H]1CNC(=O)C#CC1CC1. The number of aromatic nitrogens is 2. The number of nitrogens with zero attached hydrogens (tertiary/aromatic N) is 2. The van der Waals surface area contributed by atoms with Gasteiger partial charge in [0.15, 0.2) is 0 Å². The Morgan fingerprint density at radius 3 is 2.82 bits per heavy atom. The van der Waals surface area contributed by atoms with Crippen LogP contribution in [0.15, 0.2) is 0 Å². The van der Waals surface area contributed by atoms with E-state index in [9.17, 15) is 4.79 Å². The third-order valence-corrected chi connectivity index (χ3v) is 4.56. The van der Waals surface area contributed by atoms with Crippen molar-refractivity contribution in [3.05, 3.63) is 17.0 Å². The molecule has 0 aromatic carbocycles. The van der Waals surface area contributed by atoms with E-state index in [0.29, 0.717) is 12.5 Å². The molecular weight excluding hydrogens is 278 g/mol. The van der Waals surface area contributed by atoms with Crippen LogP contribution in [0.2, 0.25) is 0 Å². The van der Waals surface area contributed by atoms with Crippen LogP contribution in [0, 0.1) is 37.5 Å². The maximum Gasteiger partial charge on any atom is 0.295 e. The molecule has 5 nitrogen and oxygen atoms in total. The van der Waals surface area contributed by atoms with E-state index in [2.05, 4.69) is 29.2 Å². The molecule has 5 heteroatoms. The molecule has 0 unspecified atom stereocenters. The van der Waals surface area contributed by atoms with Crippen molar-refractivity contribution in [2.75, 3.05) is 13.2 Å². The second-order valence-electron chi connectivity index (χ2n) is 6.30. The first kappa shape index (κ1) is 15.1. The van der Waals surface area contributed by atoms with Crippen LogP contribution >= 0.6 is 0 Å². The summed E-state index contributed by atoms with van der Waals surface area (Å²) in [4.78, 5) is 11.8. The Labute approximate surface area is 131 Å². The zero-order valence-corrected chi connectivity index (χ0v) is 13.5. The molecule has 1 aliphatic carbocycles. The summed E-state index contributed by atoms with van der Waals surface area (Å²) in [7, 11) is 1.95. The Kier molecular flexibility index (Phi) is 4.21. The molecule has 1 N–H and O–H groups in total.